The van der Waals surface area contributed by atoms with E-state index in [1.165, 1.54) is 7.11 Å². The second-order valence-electron chi connectivity index (χ2n) is 4.79. The Hall–Kier alpha value is -1.61. The Morgan fingerprint density at radius 2 is 1.86 bits per heavy atom. The van der Waals surface area contributed by atoms with Gasteiger partial charge < -0.3 is 14.2 Å². The smallest absolute Gasteiger partial charge is 0.308 e. The van der Waals surface area contributed by atoms with Crippen LogP contribution >= 0.6 is 0 Å². The maximum atomic E-state index is 11.7. The average molecular weight is 299 g/mol. The van der Waals surface area contributed by atoms with Crippen molar-refractivity contribution in [3.63, 3.8) is 0 Å². The van der Waals surface area contributed by atoms with E-state index >= 15 is 0 Å². The summed E-state index contributed by atoms with van der Waals surface area (Å²) in [5.41, 5.74) is 0. The molecular formula is C15H25NO5. The largest absolute Gasteiger partial charge is 0.469 e. The van der Waals surface area contributed by atoms with Crippen LogP contribution in [0.2, 0.25) is 0 Å². The molecule has 6 heteroatoms. The number of hydrogen-bond donors (Lipinski definition) is 0. The molecule has 0 aromatic heterocycles. The van der Waals surface area contributed by atoms with Crippen molar-refractivity contribution in [2.24, 2.45) is 11.8 Å². The molecule has 2 unspecified atom stereocenters. The van der Waals surface area contributed by atoms with Crippen molar-refractivity contribution in [1.29, 1.82) is 5.26 Å². The van der Waals surface area contributed by atoms with Crippen LogP contribution in [0.25, 0.3) is 0 Å². The third kappa shape index (κ3) is 9.03. The molecule has 2 atom stereocenters. The van der Waals surface area contributed by atoms with Gasteiger partial charge in [-0.15, -0.1) is 0 Å². The highest BCUT2D eigenvalue weighted by molar-refractivity contribution is 5.73. The van der Waals surface area contributed by atoms with Crippen LogP contribution in [-0.4, -0.2) is 38.9 Å². The van der Waals surface area contributed by atoms with Gasteiger partial charge in [-0.1, -0.05) is 13.8 Å². The maximum absolute atomic E-state index is 11.7. The number of carbonyl (C=O) groups excluding carboxylic acids is 2. The van der Waals surface area contributed by atoms with Crippen LogP contribution in [0.4, 0.5) is 0 Å². The second kappa shape index (κ2) is 12.2. The van der Waals surface area contributed by atoms with E-state index in [9.17, 15) is 9.59 Å². The van der Waals surface area contributed by atoms with Crippen molar-refractivity contribution in [2.45, 2.75) is 39.5 Å². The molecule has 0 rings (SSSR count). The SMILES string of the molecule is CCC(CCC(C)C(=O)OCCOCCC#N)C(=O)OC. The van der Waals surface area contributed by atoms with Crippen LogP contribution in [0.5, 0.6) is 0 Å². The summed E-state index contributed by atoms with van der Waals surface area (Å²) in [7, 11) is 1.37. The monoisotopic (exact) mass is 299 g/mol. The summed E-state index contributed by atoms with van der Waals surface area (Å²) in [4.78, 5) is 23.2. The van der Waals surface area contributed by atoms with Crippen molar-refractivity contribution in [3.8, 4) is 6.07 Å². The van der Waals surface area contributed by atoms with Crippen LogP contribution in [0.15, 0.2) is 0 Å². The lowest BCUT2D eigenvalue weighted by Gasteiger charge is -2.15. The average Bonchev–Trinajstić information content (AvgIpc) is 2.50. The summed E-state index contributed by atoms with van der Waals surface area (Å²) in [5, 5.41) is 8.32. The lowest BCUT2D eigenvalue weighted by Crippen LogP contribution is -2.21. The van der Waals surface area contributed by atoms with Gasteiger partial charge in [0.1, 0.15) is 6.61 Å². The third-order valence-electron chi connectivity index (χ3n) is 3.21. The van der Waals surface area contributed by atoms with Crippen molar-refractivity contribution in [2.75, 3.05) is 26.9 Å². The summed E-state index contributed by atoms with van der Waals surface area (Å²) in [6.45, 7) is 4.52. The summed E-state index contributed by atoms with van der Waals surface area (Å²) < 4.78 is 14.9. The third-order valence-corrected chi connectivity index (χ3v) is 3.21. The van der Waals surface area contributed by atoms with Gasteiger partial charge in [0.2, 0.25) is 0 Å². The van der Waals surface area contributed by atoms with Crippen molar-refractivity contribution in [3.05, 3.63) is 0 Å². The Bertz CT molecular complexity index is 350. The van der Waals surface area contributed by atoms with Crippen LogP contribution < -0.4 is 0 Å². The molecule has 0 spiro atoms. The first-order chi connectivity index (χ1) is 10.1. The van der Waals surface area contributed by atoms with Gasteiger partial charge in [-0.05, 0) is 19.3 Å². The highest BCUT2D eigenvalue weighted by atomic mass is 16.6. The van der Waals surface area contributed by atoms with Gasteiger partial charge in [0.15, 0.2) is 0 Å². The van der Waals surface area contributed by atoms with E-state index in [1.54, 1.807) is 6.92 Å². The number of ether oxygens (including phenoxy) is 3. The second-order valence-corrected chi connectivity index (χ2v) is 4.79. The van der Waals surface area contributed by atoms with Gasteiger partial charge in [-0.25, -0.2) is 0 Å². The number of nitrogens with zero attached hydrogens (tertiary/aromatic N) is 1. The van der Waals surface area contributed by atoms with Gasteiger partial charge in [0.25, 0.3) is 0 Å². The quantitative estimate of drug-likeness (QED) is 0.429. The summed E-state index contributed by atoms with van der Waals surface area (Å²) in [6.07, 6.45) is 2.22. The minimum atomic E-state index is -0.293. The minimum Gasteiger partial charge on any atom is -0.469 e. The highest BCUT2D eigenvalue weighted by Gasteiger charge is 2.21. The van der Waals surface area contributed by atoms with Gasteiger partial charge in [0.05, 0.1) is 44.6 Å². The summed E-state index contributed by atoms with van der Waals surface area (Å²) in [6, 6.07) is 1.96. The molecule has 0 aliphatic carbocycles. The number of rotatable bonds is 11. The molecule has 6 nitrogen and oxygen atoms in total. The van der Waals surface area contributed by atoms with Gasteiger partial charge in [-0.3, -0.25) is 9.59 Å². The predicted octanol–water partition coefficient (Wildman–Crippen LogP) is 2.08. The van der Waals surface area contributed by atoms with E-state index in [0.29, 0.717) is 38.9 Å². The van der Waals surface area contributed by atoms with E-state index in [4.69, 9.17) is 19.5 Å². The molecule has 0 heterocycles. The fraction of sp³-hybridized carbons (Fsp3) is 0.800. The zero-order valence-electron chi connectivity index (χ0n) is 13.1. The lowest BCUT2D eigenvalue weighted by molar-refractivity contribution is -0.151. The molecule has 0 radical (unpaired) electrons. The van der Waals surface area contributed by atoms with Gasteiger partial charge >= 0.3 is 11.9 Å². The van der Waals surface area contributed by atoms with E-state index < -0.39 is 0 Å². The van der Waals surface area contributed by atoms with E-state index in [-0.39, 0.29) is 30.4 Å². The van der Waals surface area contributed by atoms with E-state index in [0.717, 1.165) is 0 Å². The minimum absolute atomic E-state index is 0.167. The maximum Gasteiger partial charge on any atom is 0.308 e. The molecule has 0 saturated heterocycles. The standard InChI is InChI=1S/C15H25NO5/c1-4-13(15(18)19-3)7-6-12(2)14(17)21-11-10-20-9-5-8-16/h12-13H,4-7,9-11H2,1-3H3. The number of carbonyl (C=O) groups is 2. The van der Waals surface area contributed by atoms with Crippen molar-refractivity contribution in [1.82, 2.24) is 0 Å². The number of hydrogen-bond acceptors (Lipinski definition) is 6. The predicted molar refractivity (Wildman–Crippen MR) is 76.2 cm³/mol. The van der Waals surface area contributed by atoms with Crippen molar-refractivity contribution >= 4 is 11.9 Å². The molecule has 0 saturated carbocycles. The molecule has 120 valence electrons. The fourth-order valence-corrected chi connectivity index (χ4v) is 1.79. The van der Waals surface area contributed by atoms with E-state index in [2.05, 4.69) is 0 Å². The number of methoxy groups -OCH3 is 1. The van der Waals surface area contributed by atoms with E-state index in [1.807, 2.05) is 13.0 Å². The molecule has 0 aliphatic rings. The zero-order valence-corrected chi connectivity index (χ0v) is 13.1. The van der Waals surface area contributed by atoms with Crippen LogP contribution in [0.3, 0.4) is 0 Å². The Morgan fingerprint density at radius 3 is 2.43 bits per heavy atom. The first-order valence-corrected chi connectivity index (χ1v) is 7.25. The molecule has 0 bridgehead atoms. The molecule has 0 amide bonds. The lowest BCUT2D eigenvalue weighted by atomic mass is 9.95. The topological polar surface area (TPSA) is 85.6 Å². The highest BCUT2D eigenvalue weighted by Crippen LogP contribution is 2.17. The van der Waals surface area contributed by atoms with Crippen LogP contribution in [0, 0.1) is 23.2 Å². The fourth-order valence-electron chi connectivity index (χ4n) is 1.79. The molecule has 0 aromatic carbocycles. The first-order valence-electron chi connectivity index (χ1n) is 7.25. The van der Waals surface area contributed by atoms with Crippen LogP contribution in [0.1, 0.15) is 39.5 Å². The first kappa shape index (κ1) is 19.4. The Balaban J connectivity index is 3.84. The van der Waals surface area contributed by atoms with Gasteiger partial charge in [-0.2, -0.15) is 5.26 Å². The number of nitriles is 1. The zero-order chi connectivity index (χ0) is 16.1. The molecule has 0 N–H and O–H groups in total. The van der Waals surface area contributed by atoms with Crippen LogP contribution in [-0.2, 0) is 23.8 Å². The molecule has 0 aliphatic heterocycles. The van der Waals surface area contributed by atoms with Crippen molar-refractivity contribution < 1.29 is 23.8 Å². The molecular weight excluding hydrogens is 274 g/mol. The summed E-state index contributed by atoms with van der Waals surface area (Å²) >= 11 is 0. The summed E-state index contributed by atoms with van der Waals surface area (Å²) in [5.74, 6) is -0.954. The normalized spacial score (nSPS) is 13.0. The number of esters is 2. The molecule has 21 heavy (non-hydrogen) atoms. The van der Waals surface area contributed by atoms with Gasteiger partial charge in [0, 0.05) is 0 Å². The Kier molecular flexibility index (Phi) is 11.2. The Labute approximate surface area is 126 Å². The Morgan fingerprint density at radius 1 is 1.14 bits per heavy atom. The molecule has 0 aromatic rings. The molecule has 0 fully saturated rings.